The molecule has 0 bridgehead atoms. The molecule has 1 saturated heterocycles. The maximum atomic E-state index is 10.1. The zero-order chi connectivity index (χ0) is 50.6. The Morgan fingerprint density at radius 1 is 0.676 bits per heavy atom. The van der Waals surface area contributed by atoms with Crippen LogP contribution in [0.3, 0.4) is 0 Å². The SMILES string of the molecule is CCC(O)c1ccc(Br)cc1.O=Cc1ccc(Br)cc1.[Br-].[C-]#N.[C-]#[N+]c1ccc(C(CC)N2CCN(c3ccc(Cl)cc3Cl)[C@H](c3ccc(Cl)cc3)C2)cc1.[C-]#[N+]c1ccc(C(O)CC)cc1.[CH2-]C.[Cu+].[Mg+2]. The number of carbonyl (C=O) groups is 1. The molecule has 2 N–H and O–H groups in total. The summed E-state index contributed by atoms with van der Waals surface area (Å²) in [5.74, 6) is 0. The Morgan fingerprint density at radius 3 is 1.51 bits per heavy atom. The fraction of sp³-hybridized carbons (Fsp3) is 0.255. The Labute approximate surface area is 491 Å². The summed E-state index contributed by atoms with van der Waals surface area (Å²) in [6.45, 7) is 32.4. The summed E-state index contributed by atoms with van der Waals surface area (Å²) in [4.78, 5) is 21.8. The average molecular weight is 1270 g/mol. The molecule has 0 amide bonds. The minimum atomic E-state index is -0.398. The molecule has 374 valence electrons. The number of hydrogen-bond donors (Lipinski definition) is 2. The van der Waals surface area contributed by atoms with Crippen molar-refractivity contribution in [2.45, 2.75) is 71.2 Å². The first-order chi connectivity index (χ1) is 32.8. The fourth-order valence-electron chi connectivity index (χ4n) is 7.00. The van der Waals surface area contributed by atoms with Gasteiger partial charge in [-0.1, -0.05) is 172 Å². The van der Waals surface area contributed by atoms with E-state index in [2.05, 4.69) is 89.5 Å². The zero-order valence-electron chi connectivity index (χ0n) is 39.9. The Bertz CT molecular complexity index is 2500. The Balaban J connectivity index is 0. The molecule has 0 aromatic heterocycles. The summed E-state index contributed by atoms with van der Waals surface area (Å²) in [5, 5.41) is 27.1. The number of benzene rings is 6. The third kappa shape index (κ3) is 23.7. The molecular formula is C55H56Br3Cl3CuMgN5O3. The molecule has 0 radical (unpaired) electrons. The first-order valence-corrected chi connectivity index (χ1v) is 24.5. The number of nitrogens with zero attached hydrogens (tertiary/aromatic N) is 5. The van der Waals surface area contributed by atoms with Gasteiger partial charge in [-0.05, 0) is 96.1 Å². The van der Waals surface area contributed by atoms with E-state index in [0.717, 1.165) is 69.5 Å². The van der Waals surface area contributed by atoms with Crippen LogP contribution in [0.25, 0.3) is 9.69 Å². The van der Waals surface area contributed by atoms with Crippen molar-refractivity contribution in [2.75, 3.05) is 24.5 Å². The van der Waals surface area contributed by atoms with Gasteiger partial charge in [-0.2, -0.15) is 6.92 Å². The molecule has 8 nitrogen and oxygen atoms in total. The van der Waals surface area contributed by atoms with E-state index < -0.39 is 6.10 Å². The molecule has 0 saturated carbocycles. The summed E-state index contributed by atoms with van der Waals surface area (Å²) in [5.41, 5.74) is 7.28. The number of aliphatic hydroxyl groups excluding tert-OH is 2. The van der Waals surface area contributed by atoms with Crippen LogP contribution in [0.4, 0.5) is 17.1 Å². The molecular weight excluding hydrogens is 1210 g/mol. The number of halogens is 6. The summed E-state index contributed by atoms with van der Waals surface area (Å²) in [7, 11) is 0. The van der Waals surface area contributed by atoms with E-state index in [0.29, 0.717) is 33.4 Å². The first kappa shape index (κ1) is 69.8. The van der Waals surface area contributed by atoms with Crippen LogP contribution in [-0.4, -0.2) is 64.1 Å². The van der Waals surface area contributed by atoms with E-state index in [9.17, 15) is 15.0 Å². The van der Waals surface area contributed by atoms with Gasteiger partial charge in [0.2, 0.25) is 0 Å². The van der Waals surface area contributed by atoms with Crippen molar-refractivity contribution < 1.29 is 49.1 Å². The van der Waals surface area contributed by atoms with E-state index in [1.807, 2.05) is 86.6 Å². The van der Waals surface area contributed by atoms with Crippen molar-refractivity contribution in [3.05, 3.63) is 228 Å². The summed E-state index contributed by atoms with van der Waals surface area (Å²) in [6, 6.07) is 44.1. The molecule has 1 heterocycles. The molecule has 1 aliphatic rings. The van der Waals surface area contributed by atoms with Crippen LogP contribution in [0.2, 0.25) is 15.1 Å². The summed E-state index contributed by atoms with van der Waals surface area (Å²) < 4.78 is 2.04. The second-order valence-corrected chi connectivity index (χ2v) is 17.9. The van der Waals surface area contributed by atoms with Crippen LogP contribution in [0.1, 0.15) is 104 Å². The van der Waals surface area contributed by atoms with E-state index in [1.165, 1.54) is 11.1 Å². The van der Waals surface area contributed by atoms with Crippen molar-refractivity contribution in [1.82, 2.24) is 4.90 Å². The molecule has 1 fully saturated rings. The molecule has 7 rings (SSSR count). The van der Waals surface area contributed by atoms with Crippen molar-refractivity contribution >= 4 is 113 Å². The van der Waals surface area contributed by atoms with E-state index in [-0.39, 0.29) is 75.3 Å². The number of aliphatic hydroxyl groups is 2. The number of anilines is 1. The summed E-state index contributed by atoms with van der Waals surface area (Å²) in [6.07, 6.45) is 2.57. The average Bonchev–Trinajstić information content (AvgIpc) is 3.39. The molecule has 16 heteroatoms. The number of piperazine rings is 1. The van der Waals surface area contributed by atoms with Gasteiger partial charge in [-0.25, -0.2) is 9.69 Å². The van der Waals surface area contributed by atoms with Crippen LogP contribution < -0.4 is 21.9 Å². The van der Waals surface area contributed by atoms with Gasteiger partial charge in [0.25, 0.3) is 0 Å². The van der Waals surface area contributed by atoms with Gasteiger partial charge < -0.3 is 50.9 Å². The van der Waals surface area contributed by atoms with Gasteiger partial charge in [0.1, 0.15) is 6.29 Å². The van der Waals surface area contributed by atoms with Gasteiger partial charge in [-0.3, -0.25) is 9.69 Å². The first-order valence-electron chi connectivity index (χ1n) is 21.8. The predicted molar refractivity (Wildman–Crippen MR) is 294 cm³/mol. The topological polar surface area (TPSA) is 96.5 Å². The van der Waals surface area contributed by atoms with E-state index in [1.54, 1.807) is 49.4 Å². The standard InChI is InChI=1S/C26H24Cl3N3.C10H11NO.C9H11BrO.C7H5BrO.C2H5.CN.BrH.Cu.Mg/c1-3-24(18-6-11-22(30-2)12-7-18)31-14-15-32(25-13-10-21(28)16-23(25)29)26(17-31)19-4-8-20(27)9-5-19;1-3-10(12)8-4-6-9(11-2)7-5-8;1-2-9(11)7-3-5-8(10)6-4-7;8-7-3-1-6(5-9)2-4-7;2*1-2;;;/h4-13,16,24,26H,3,14-15,17H2,1H3;4-7,10,12H,3H2,1H3;3-6,9,11H,2H2,1H3;1-5H;1H2,2H3;;1H;;/q;;;;2*-1;;+1;+2/p-1/t24?,26-;;;;;;;;/m0......../s1. The largest absolute Gasteiger partial charge is 2.00 e. The molecule has 71 heavy (non-hydrogen) atoms. The Morgan fingerprint density at radius 2 is 1.10 bits per heavy atom. The number of hydrogen-bond acceptors (Lipinski definition) is 6. The van der Waals surface area contributed by atoms with Crippen LogP contribution in [0.5, 0.6) is 0 Å². The number of aldehydes is 1. The predicted octanol–water partition coefficient (Wildman–Crippen LogP) is 13.6. The third-order valence-corrected chi connectivity index (χ3v) is 12.4. The number of rotatable bonds is 10. The molecule has 4 atom stereocenters. The maximum absolute atomic E-state index is 10.1. The molecule has 3 unspecified atom stereocenters. The Kier molecular flexibility index (Phi) is 38.6. The quantitative estimate of drug-likeness (QED) is 0.0806. The molecule has 0 aliphatic carbocycles. The minimum Gasteiger partial charge on any atom is -1.00 e. The second kappa shape index (κ2) is 39.2. The van der Waals surface area contributed by atoms with E-state index in [4.69, 9.17) is 59.8 Å². The van der Waals surface area contributed by atoms with Crippen molar-refractivity contribution in [1.29, 1.82) is 5.26 Å². The summed E-state index contributed by atoms with van der Waals surface area (Å²) >= 11 is 25.5. The van der Waals surface area contributed by atoms with Crippen LogP contribution >= 0.6 is 66.7 Å². The van der Waals surface area contributed by atoms with Crippen LogP contribution in [0.15, 0.2) is 148 Å². The fourth-order valence-corrected chi connectivity index (χ4v) is 8.18. The molecule has 0 spiro atoms. The van der Waals surface area contributed by atoms with Crippen molar-refractivity contribution in [2.24, 2.45) is 0 Å². The second-order valence-electron chi connectivity index (χ2n) is 14.8. The minimum absolute atomic E-state index is 0. The van der Waals surface area contributed by atoms with Crippen LogP contribution in [-0.2, 0) is 17.1 Å². The maximum Gasteiger partial charge on any atom is 2.00 e. The van der Waals surface area contributed by atoms with Crippen molar-refractivity contribution in [3.63, 3.8) is 0 Å². The smallest absolute Gasteiger partial charge is 1.00 e. The van der Waals surface area contributed by atoms with Gasteiger partial charge >= 0.3 is 40.1 Å². The van der Waals surface area contributed by atoms with Gasteiger partial charge in [0, 0.05) is 50.2 Å². The Hall–Kier alpha value is -3.26. The molecule has 6 aromatic carbocycles. The number of carbonyl (C=O) groups excluding carboxylic acids is 1. The van der Waals surface area contributed by atoms with E-state index >= 15 is 0 Å². The third-order valence-electron chi connectivity index (χ3n) is 10.6. The zero-order valence-corrected chi connectivity index (χ0v) is 49.3. The van der Waals surface area contributed by atoms with Crippen LogP contribution in [0, 0.1) is 31.9 Å². The van der Waals surface area contributed by atoms with Gasteiger partial charge in [0.15, 0.2) is 11.4 Å². The normalized spacial score (nSPS) is 13.3. The van der Waals surface area contributed by atoms with Gasteiger partial charge in [0.05, 0.1) is 42.1 Å². The van der Waals surface area contributed by atoms with Crippen molar-refractivity contribution in [3.8, 4) is 0 Å². The molecule has 6 aromatic rings. The van der Waals surface area contributed by atoms with Gasteiger partial charge in [-0.15, -0.1) is 0 Å². The molecule has 1 aliphatic heterocycles. The monoisotopic (exact) mass is 1260 g/mol.